The molecule has 102 valence electrons. The van der Waals surface area contributed by atoms with Crippen LogP contribution in [-0.4, -0.2) is 36.1 Å². The van der Waals surface area contributed by atoms with Crippen LogP contribution in [0.2, 0.25) is 0 Å². The Bertz CT molecular complexity index is 439. The molecule has 2 atom stereocenters. The maximum atomic E-state index is 9.51. The molecule has 0 bridgehead atoms. The van der Waals surface area contributed by atoms with E-state index in [4.69, 9.17) is 16.3 Å². The summed E-state index contributed by atoms with van der Waals surface area (Å²) in [6, 6.07) is 12.3. The van der Waals surface area contributed by atoms with Crippen LogP contribution in [-0.2, 0) is 4.74 Å². The lowest BCUT2D eigenvalue weighted by Crippen LogP contribution is -2.46. The van der Waals surface area contributed by atoms with Crippen LogP contribution in [0, 0.1) is 11.3 Å². The summed E-state index contributed by atoms with van der Waals surface area (Å²) in [6.07, 6.45) is 0.613. The predicted molar refractivity (Wildman–Crippen MR) is 76.1 cm³/mol. The van der Waals surface area contributed by atoms with Crippen molar-refractivity contribution in [3.63, 3.8) is 0 Å². The van der Waals surface area contributed by atoms with Crippen molar-refractivity contribution < 1.29 is 4.74 Å². The van der Waals surface area contributed by atoms with Gasteiger partial charge in [0.15, 0.2) is 0 Å². The number of morpholine rings is 1. The van der Waals surface area contributed by atoms with Crippen LogP contribution >= 0.6 is 11.6 Å². The van der Waals surface area contributed by atoms with Crippen LogP contribution in [0.5, 0.6) is 0 Å². The van der Waals surface area contributed by atoms with E-state index in [9.17, 15) is 5.26 Å². The minimum absolute atomic E-state index is 0.0886. The van der Waals surface area contributed by atoms with Crippen molar-refractivity contribution in [1.29, 1.82) is 5.26 Å². The summed E-state index contributed by atoms with van der Waals surface area (Å²) >= 11 is 6.60. The van der Waals surface area contributed by atoms with Crippen LogP contribution in [0.15, 0.2) is 30.3 Å². The van der Waals surface area contributed by atoms with E-state index in [2.05, 4.69) is 11.0 Å². The first-order chi connectivity index (χ1) is 9.21. The molecule has 1 saturated heterocycles. The van der Waals surface area contributed by atoms with E-state index in [0.29, 0.717) is 19.6 Å². The van der Waals surface area contributed by atoms with Crippen molar-refractivity contribution in [3.8, 4) is 6.07 Å². The third-order valence-corrected chi connectivity index (χ3v) is 4.22. The van der Waals surface area contributed by atoms with E-state index >= 15 is 0 Å². The van der Waals surface area contributed by atoms with E-state index < -0.39 is 4.87 Å². The molecule has 0 unspecified atom stereocenters. The summed E-state index contributed by atoms with van der Waals surface area (Å²) in [4.78, 5) is 1.37. The third kappa shape index (κ3) is 3.09. The zero-order chi connectivity index (χ0) is 13.7. The highest BCUT2D eigenvalue weighted by Gasteiger charge is 2.40. The van der Waals surface area contributed by atoms with Crippen LogP contribution in [0.25, 0.3) is 0 Å². The zero-order valence-corrected chi connectivity index (χ0v) is 11.9. The molecule has 0 aromatic heterocycles. The number of rotatable bonds is 4. The molecule has 0 saturated carbocycles. The fraction of sp³-hybridized carbons (Fsp3) is 0.533. The maximum absolute atomic E-state index is 9.51. The molecular formula is C15H19ClN2O. The molecule has 0 N–H and O–H groups in total. The normalized spacial score (nSPS) is 21.3. The molecule has 0 aliphatic carbocycles. The number of alkyl halides is 1. The predicted octanol–water partition coefficient (Wildman–Crippen LogP) is 2.97. The van der Waals surface area contributed by atoms with Gasteiger partial charge in [-0.1, -0.05) is 37.3 Å². The highest BCUT2D eigenvalue weighted by atomic mass is 35.5. The molecule has 1 aromatic rings. The molecule has 3 nitrogen and oxygen atoms in total. The van der Waals surface area contributed by atoms with Gasteiger partial charge in [-0.3, -0.25) is 4.90 Å². The number of hydrogen-bond acceptors (Lipinski definition) is 3. The van der Waals surface area contributed by atoms with Crippen LogP contribution in [0.3, 0.4) is 0 Å². The Morgan fingerprint density at radius 3 is 2.53 bits per heavy atom. The molecule has 0 radical (unpaired) electrons. The summed E-state index contributed by atoms with van der Waals surface area (Å²) in [5.41, 5.74) is 1.10. The number of nitriles is 1. The Morgan fingerprint density at radius 1 is 1.37 bits per heavy atom. The van der Waals surface area contributed by atoms with Gasteiger partial charge >= 0.3 is 0 Å². The SMILES string of the molecule is CC[C@@](Cl)(C#N)[C@@H](c1ccccc1)N1CCOCC1. The van der Waals surface area contributed by atoms with Gasteiger partial charge in [-0.15, -0.1) is 11.6 Å². The van der Waals surface area contributed by atoms with E-state index in [1.54, 1.807) is 0 Å². The second-order valence-corrected chi connectivity index (χ2v) is 5.46. The van der Waals surface area contributed by atoms with E-state index in [1.807, 2.05) is 37.3 Å². The van der Waals surface area contributed by atoms with Crippen LogP contribution < -0.4 is 0 Å². The van der Waals surface area contributed by atoms with Crippen molar-refractivity contribution >= 4 is 11.6 Å². The van der Waals surface area contributed by atoms with Crippen molar-refractivity contribution in [1.82, 2.24) is 4.90 Å². The molecule has 0 amide bonds. The van der Waals surface area contributed by atoms with Gasteiger partial charge in [0.25, 0.3) is 0 Å². The lowest BCUT2D eigenvalue weighted by molar-refractivity contribution is 0.0101. The maximum Gasteiger partial charge on any atom is 0.150 e. The molecular weight excluding hydrogens is 260 g/mol. The van der Waals surface area contributed by atoms with Gasteiger partial charge < -0.3 is 4.74 Å². The largest absolute Gasteiger partial charge is 0.379 e. The van der Waals surface area contributed by atoms with Gasteiger partial charge in [-0.05, 0) is 12.0 Å². The van der Waals surface area contributed by atoms with Crippen molar-refractivity contribution in [2.75, 3.05) is 26.3 Å². The Hall–Kier alpha value is -1.08. The number of halogens is 1. The Kier molecular flexibility index (Phi) is 4.81. The summed E-state index contributed by atoms with van der Waals surface area (Å²) in [7, 11) is 0. The smallest absolute Gasteiger partial charge is 0.150 e. The monoisotopic (exact) mass is 278 g/mol. The highest BCUT2D eigenvalue weighted by Crippen LogP contribution is 2.39. The standard InChI is InChI=1S/C15H19ClN2O/c1-2-15(16,12-17)14(13-6-4-3-5-7-13)18-8-10-19-11-9-18/h3-7,14H,2,8-11H2,1H3/t14-,15-/m1/s1. The lowest BCUT2D eigenvalue weighted by atomic mass is 9.89. The molecule has 4 heteroatoms. The molecule has 2 rings (SSSR count). The number of benzene rings is 1. The minimum atomic E-state index is -0.890. The summed E-state index contributed by atoms with van der Waals surface area (Å²) in [6.45, 7) is 4.99. The second-order valence-electron chi connectivity index (χ2n) is 4.79. The zero-order valence-electron chi connectivity index (χ0n) is 11.2. The van der Waals surface area contributed by atoms with Gasteiger partial charge in [0.1, 0.15) is 4.87 Å². The molecule has 1 aliphatic rings. The fourth-order valence-electron chi connectivity index (χ4n) is 2.57. The van der Waals surface area contributed by atoms with E-state index in [1.165, 1.54) is 0 Å². The van der Waals surface area contributed by atoms with E-state index in [-0.39, 0.29) is 6.04 Å². The van der Waals surface area contributed by atoms with E-state index in [0.717, 1.165) is 18.7 Å². The number of ether oxygens (including phenoxy) is 1. The topological polar surface area (TPSA) is 36.3 Å². The van der Waals surface area contributed by atoms with Crippen molar-refractivity contribution in [3.05, 3.63) is 35.9 Å². The van der Waals surface area contributed by atoms with Crippen molar-refractivity contribution in [2.45, 2.75) is 24.3 Å². The Balaban J connectivity index is 2.36. The average Bonchev–Trinajstić information content (AvgIpc) is 2.49. The molecule has 1 aromatic carbocycles. The highest BCUT2D eigenvalue weighted by molar-refractivity contribution is 6.26. The second kappa shape index (κ2) is 6.38. The van der Waals surface area contributed by atoms with Gasteiger partial charge in [0, 0.05) is 13.1 Å². The fourth-order valence-corrected chi connectivity index (χ4v) is 2.83. The van der Waals surface area contributed by atoms with Gasteiger partial charge in [-0.2, -0.15) is 5.26 Å². The van der Waals surface area contributed by atoms with Crippen molar-refractivity contribution in [2.24, 2.45) is 0 Å². The molecule has 1 heterocycles. The number of hydrogen-bond donors (Lipinski definition) is 0. The van der Waals surface area contributed by atoms with Gasteiger partial charge in [-0.25, -0.2) is 0 Å². The molecule has 19 heavy (non-hydrogen) atoms. The quantitative estimate of drug-likeness (QED) is 0.795. The lowest BCUT2D eigenvalue weighted by Gasteiger charge is -2.40. The van der Waals surface area contributed by atoms with Gasteiger partial charge in [0.2, 0.25) is 0 Å². The minimum Gasteiger partial charge on any atom is -0.379 e. The first kappa shape index (κ1) is 14.3. The molecule has 1 aliphatic heterocycles. The van der Waals surface area contributed by atoms with Crippen LogP contribution in [0.4, 0.5) is 0 Å². The third-order valence-electron chi connectivity index (χ3n) is 3.66. The Morgan fingerprint density at radius 2 is 2.00 bits per heavy atom. The first-order valence-corrected chi connectivity index (χ1v) is 7.06. The van der Waals surface area contributed by atoms with Gasteiger partial charge in [0.05, 0.1) is 25.3 Å². The Labute approximate surface area is 119 Å². The average molecular weight is 279 g/mol. The van der Waals surface area contributed by atoms with Crippen LogP contribution in [0.1, 0.15) is 24.9 Å². The first-order valence-electron chi connectivity index (χ1n) is 6.68. The summed E-state index contributed by atoms with van der Waals surface area (Å²) in [5.74, 6) is 0. The summed E-state index contributed by atoms with van der Waals surface area (Å²) < 4.78 is 5.40. The number of nitrogens with zero attached hydrogens (tertiary/aromatic N) is 2. The molecule has 0 spiro atoms. The molecule has 1 fully saturated rings. The summed E-state index contributed by atoms with van der Waals surface area (Å²) in [5, 5.41) is 9.51.